The first-order valence-corrected chi connectivity index (χ1v) is 9.83. The third-order valence-electron chi connectivity index (χ3n) is 4.60. The van der Waals surface area contributed by atoms with Gasteiger partial charge in [-0.05, 0) is 23.5 Å². The molecule has 0 saturated carbocycles. The minimum absolute atomic E-state index is 0.203. The third-order valence-corrected chi connectivity index (χ3v) is 4.60. The van der Waals surface area contributed by atoms with Crippen LogP contribution in [0.1, 0.15) is 31.4 Å². The van der Waals surface area contributed by atoms with Gasteiger partial charge in [0.25, 0.3) is 0 Å². The predicted octanol–water partition coefficient (Wildman–Crippen LogP) is 4.37. The van der Waals surface area contributed by atoms with Crippen molar-refractivity contribution >= 4 is 11.8 Å². The molecule has 0 spiro atoms. The highest BCUT2D eigenvalue weighted by Gasteiger charge is 2.31. The zero-order chi connectivity index (χ0) is 19.8. The van der Waals surface area contributed by atoms with Crippen molar-refractivity contribution < 1.29 is 14.4 Å². The second kappa shape index (κ2) is 9.93. The average molecular weight is 380 g/mol. The molecule has 1 amide bonds. The van der Waals surface area contributed by atoms with Crippen LogP contribution < -0.4 is 5.32 Å². The molecular formula is C23H28N2O3. The van der Waals surface area contributed by atoms with Gasteiger partial charge in [0.1, 0.15) is 0 Å². The van der Waals surface area contributed by atoms with Crippen LogP contribution in [0.25, 0.3) is 0 Å². The van der Waals surface area contributed by atoms with Gasteiger partial charge in [-0.25, -0.2) is 4.79 Å². The summed E-state index contributed by atoms with van der Waals surface area (Å²) in [6.45, 7) is 4.42. The van der Waals surface area contributed by atoms with Crippen molar-refractivity contribution in [3.63, 3.8) is 0 Å². The zero-order valence-corrected chi connectivity index (χ0v) is 16.5. The van der Waals surface area contributed by atoms with Crippen molar-refractivity contribution in [2.24, 2.45) is 11.1 Å². The van der Waals surface area contributed by atoms with Crippen LogP contribution in [0.3, 0.4) is 0 Å². The summed E-state index contributed by atoms with van der Waals surface area (Å²) in [5.74, 6) is 0.293. The Bertz CT molecular complexity index is 775. The molecule has 2 aromatic rings. The predicted molar refractivity (Wildman–Crippen MR) is 110 cm³/mol. The quantitative estimate of drug-likeness (QED) is 0.740. The van der Waals surface area contributed by atoms with Gasteiger partial charge in [0.2, 0.25) is 0 Å². The monoisotopic (exact) mass is 380 g/mol. The topological polar surface area (TPSA) is 59.9 Å². The van der Waals surface area contributed by atoms with E-state index < -0.39 is 6.09 Å². The Morgan fingerprint density at radius 2 is 1.75 bits per heavy atom. The molecule has 1 aliphatic heterocycles. The Morgan fingerprint density at radius 3 is 2.39 bits per heavy atom. The summed E-state index contributed by atoms with van der Waals surface area (Å²) in [5, 5.41) is 7.27. The van der Waals surface area contributed by atoms with Crippen LogP contribution in [0.15, 0.2) is 65.8 Å². The number of carbonyl (C=O) groups excluding carboxylic acids is 1. The molecule has 5 nitrogen and oxygen atoms in total. The first-order valence-electron chi connectivity index (χ1n) is 9.83. The summed E-state index contributed by atoms with van der Waals surface area (Å²) in [6.07, 6.45) is 1.50. The average Bonchev–Trinajstić information content (AvgIpc) is 3.16. The van der Waals surface area contributed by atoms with Gasteiger partial charge in [0.15, 0.2) is 6.10 Å². The highest BCUT2D eigenvalue weighted by atomic mass is 16.6. The fourth-order valence-corrected chi connectivity index (χ4v) is 3.18. The highest BCUT2D eigenvalue weighted by Crippen LogP contribution is 2.20. The Hall–Kier alpha value is -2.82. The minimum Gasteiger partial charge on any atom is -0.449 e. The van der Waals surface area contributed by atoms with Crippen molar-refractivity contribution in [1.82, 2.24) is 5.32 Å². The lowest BCUT2D eigenvalue weighted by Gasteiger charge is -2.23. The maximum atomic E-state index is 12.3. The molecule has 3 rings (SSSR count). The summed E-state index contributed by atoms with van der Waals surface area (Å²) < 4.78 is 5.31. The Labute approximate surface area is 166 Å². The van der Waals surface area contributed by atoms with E-state index >= 15 is 0 Å². The van der Waals surface area contributed by atoms with Gasteiger partial charge < -0.3 is 14.9 Å². The van der Waals surface area contributed by atoms with Crippen molar-refractivity contribution in [2.75, 3.05) is 6.61 Å². The Balaban J connectivity index is 1.62. The SMILES string of the molecule is CC(C)COC(=O)NC(Cc1ccccc1)C1CC(Cc2ccccc2)=NO1. The van der Waals surface area contributed by atoms with E-state index in [1.807, 2.05) is 50.2 Å². The van der Waals surface area contributed by atoms with Crippen LogP contribution in [0.4, 0.5) is 4.79 Å². The molecular weight excluding hydrogens is 352 g/mol. The van der Waals surface area contributed by atoms with Crippen LogP contribution in [-0.2, 0) is 22.4 Å². The van der Waals surface area contributed by atoms with Gasteiger partial charge in [-0.1, -0.05) is 79.7 Å². The van der Waals surface area contributed by atoms with E-state index in [0.717, 1.165) is 17.7 Å². The van der Waals surface area contributed by atoms with Gasteiger partial charge >= 0.3 is 6.09 Å². The van der Waals surface area contributed by atoms with Gasteiger partial charge in [0.05, 0.1) is 18.4 Å². The van der Waals surface area contributed by atoms with Gasteiger partial charge in [-0.3, -0.25) is 0 Å². The second-order valence-corrected chi connectivity index (χ2v) is 7.60. The van der Waals surface area contributed by atoms with E-state index in [4.69, 9.17) is 9.57 Å². The lowest BCUT2D eigenvalue weighted by Crippen LogP contribution is -2.45. The van der Waals surface area contributed by atoms with E-state index in [0.29, 0.717) is 25.4 Å². The maximum absolute atomic E-state index is 12.3. The molecule has 2 unspecified atom stereocenters. The van der Waals surface area contributed by atoms with Gasteiger partial charge in [0, 0.05) is 12.8 Å². The van der Waals surface area contributed by atoms with Crippen LogP contribution >= 0.6 is 0 Å². The highest BCUT2D eigenvalue weighted by molar-refractivity contribution is 5.87. The zero-order valence-electron chi connectivity index (χ0n) is 16.5. The Morgan fingerprint density at radius 1 is 1.11 bits per heavy atom. The van der Waals surface area contributed by atoms with Crippen LogP contribution in [0, 0.1) is 5.92 Å². The van der Waals surface area contributed by atoms with E-state index in [-0.39, 0.29) is 12.1 Å². The summed E-state index contributed by atoms with van der Waals surface area (Å²) in [4.78, 5) is 18.0. The number of oxime groups is 1. The molecule has 0 aromatic heterocycles. The van der Waals surface area contributed by atoms with Crippen LogP contribution in [-0.4, -0.2) is 30.6 Å². The first kappa shape index (κ1) is 19.9. The molecule has 5 heteroatoms. The third kappa shape index (κ3) is 6.12. The number of hydrogen-bond acceptors (Lipinski definition) is 4. The van der Waals surface area contributed by atoms with E-state index in [1.54, 1.807) is 0 Å². The molecule has 2 atom stereocenters. The van der Waals surface area contributed by atoms with Crippen LogP contribution in [0.2, 0.25) is 0 Å². The van der Waals surface area contributed by atoms with E-state index in [1.165, 1.54) is 5.56 Å². The number of carbonyl (C=O) groups is 1. The number of ether oxygens (including phenoxy) is 1. The van der Waals surface area contributed by atoms with Gasteiger partial charge in [-0.2, -0.15) is 0 Å². The Kier molecular flexibility index (Phi) is 7.06. The number of nitrogens with one attached hydrogen (secondary N) is 1. The number of alkyl carbamates (subject to hydrolysis) is 1. The van der Waals surface area contributed by atoms with E-state index in [2.05, 4.69) is 34.7 Å². The first-order chi connectivity index (χ1) is 13.6. The molecule has 1 aliphatic rings. The molecule has 1 heterocycles. The molecule has 0 saturated heterocycles. The van der Waals surface area contributed by atoms with Crippen molar-refractivity contribution in [3.8, 4) is 0 Å². The molecule has 148 valence electrons. The summed E-state index contributed by atoms with van der Waals surface area (Å²) in [5.41, 5.74) is 3.33. The number of hydrogen-bond donors (Lipinski definition) is 1. The lowest BCUT2D eigenvalue weighted by molar-refractivity contribution is 0.0506. The molecule has 2 aromatic carbocycles. The molecule has 0 bridgehead atoms. The second-order valence-electron chi connectivity index (χ2n) is 7.60. The van der Waals surface area contributed by atoms with Crippen molar-refractivity contribution in [3.05, 3.63) is 71.8 Å². The fourth-order valence-electron chi connectivity index (χ4n) is 3.18. The number of rotatable bonds is 8. The van der Waals surface area contributed by atoms with E-state index in [9.17, 15) is 4.79 Å². The smallest absolute Gasteiger partial charge is 0.407 e. The summed E-state index contributed by atoms with van der Waals surface area (Å²) in [7, 11) is 0. The normalized spacial score (nSPS) is 17.0. The standard InChI is InChI=1S/C23H28N2O3/c1-17(2)16-27-23(26)24-21(14-19-11-7-4-8-12-19)22-15-20(25-28-22)13-18-9-5-3-6-10-18/h3-12,17,21-22H,13-16H2,1-2H3,(H,24,26). The number of nitrogens with zero attached hydrogens (tertiary/aromatic N) is 1. The van der Waals surface area contributed by atoms with Crippen LogP contribution in [0.5, 0.6) is 0 Å². The lowest BCUT2D eigenvalue weighted by atomic mass is 9.96. The molecule has 28 heavy (non-hydrogen) atoms. The summed E-state index contributed by atoms with van der Waals surface area (Å²) >= 11 is 0. The number of benzene rings is 2. The van der Waals surface area contributed by atoms with Gasteiger partial charge in [-0.15, -0.1) is 0 Å². The molecule has 0 radical (unpaired) electrons. The fraction of sp³-hybridized carbons (Fsp3) is 0.391. The molecule has 1 N–H and O–H groups in total. The summed E-state index contributed by atoms with van der Waals surface area (Å²) in [6, 6.07) is 20.1. The maximum Gasteiger partial charge on any atom is 0.407 e. The largest absolute Gasteiger partial charge is 0.449 e. The van der Waals surface area contributed by atoms with Crippen molar-refractivity contribution in [2.45, 2.75) is 45.3 Å². The number of amides is 1. The molecule has 0 fully saturated rings. The minimum atomic E-state index is -0.408. The molecule has 0 aliphatic carbocycles. The van der Waals surface area contributed by atoms with Crippen molar-refractivity contribution in [1.29, 1.82) is 0 Å².